The fraction of sp³-hybridized carbons (Fsp3) is 0.692. The molecule has 0 amide bonds. The van der Waals surface area contributed by atoms with Crippen LogP contribution in [0.4, 0.5) is 0 Å². The van der Waals surface area contributed by atoms with Crippen molar-refractivity contribution in [2.24, 2.45) is 5.92 Å². The van der Waals surface area contributed by atoms with Gasteiger partial charge in [-0.2, -0.15) is 0 Å². The van der Waals surface area contributed by atoms with Crippen LogP contribution in [0.15, 0.2) is 10.3 Å². The van der Waals surface area contributed by atoms with Gasteiger partial charge >= 0.3 is 0 Å². The Morgan fingerprint density at radius 3 is 2.40 bits per heavy atom. The Balaban J connectivity index is 2.97. The van der Waals surface area contributed by atoms with E-state index in [1.165, 1.54) is 0 Å². The van der Waals surface area contributed by atoms with Crippen molar-refractivity contribution in [1.82, 2.24) is 9.62 Å². The Bertz CT molecular complexity index is 536. The molecule has 0 aliphatic heterocycles. The van der Waals surface area contributed by atoms with Crippen LogP contribution in [0.25, 0.3) is 0 Å². The number of aliphatic hydroxyl groups is 1. The normalized spacial score (nSPS) is 14.2. The number of nitrogens with zero attached hydrogens (tertiary/aromatic N) is 1. The van der Waals surface area contributed by atoms with Gasteiger partial charge in [-0.3, -0.25) is 0 Å². The summed E-state index contributed by atoms with van der Waals surface area (Å²) in [4.78, 5) is 2.66. The minimum Gasteiger partial charge on any atom is -0.391 e. The molecule has 1 aromatic heterocycles. The number of sulfonamides is 1. The molecule has 20 heavy (non-hydrogen) atoms. The molecule has 2 N–H and O–H groups in total. The number of hydrogen-bond acceptors (Lipinski definition) is 5. The molecule has 1 heterocycles. The van der Waals surface area contributed by atoms with Crippen LogP contribution in [0.3, 0.4) is 0 Å². The van der Waals surface area contributed by atoms with Gasteiger partial charge in [-0.15, -0.1) is 11.3 Å². The number of aryl methyl sites for hydroxylation is 1. The molecule has 1 rings (SSSR count). The van der Waals surface area contributed by atoms with Crippen LogP contribution in [0, 0.1) is 12.8 Å². The Morgan fingerprint density at radius 2 is 2.00 bits per heavy atom. The van der Waals surface area contributed by atoms with Crippen molar-refractivity contribution >= 4 is 21.4 Å². The van der Waals surface area contributed by atoms with Crippen molar-refractivity contribution in [3.8, 4) is 0 Å². The first-order valence-corrected chi connectivity index (χ1v) is 8.84. The van der Waals surface area contributed by atoms with Crippen molar-refractivity contribution in [2.45, 2.75) is 37.6 Å². The molecule has 0 fully saturated rings. The molecule has 1 aromatic rings. The lowest BCUT2D eigenvalue weighted by Crippen LogP contribution is -2.44. The van der Waals surface area contributed by atoms with E-state index >= 15 is 0 Å². The number of hydrogen-bond donors (Lipinski definition) is 2. The van der Waals surface area contributed by atoms with E-state index in [1.807, 2.05) is 32.8 Å². The molecule has 1 unspecified atom stereocenters. The molecule has 0 bridgehead atoms. The maximum absolute atomic E-state index is 12.4. The minimum absolute atomic E-state index is 0.128. The highest BCUT2D eigenvalue weighted by Gasteiger charge is 2.25. The van der Waals surface area contributed by atoms with Crippen LogP contribution in [0.1, 0.15) is 24.3 Å². The van der Waals surface area contributed by atoms with Gasteiger partial charge in [0.15, 0.2) is 0 Å². The lowest BCUT2D eigenvalue weighted by atomic mass is 10.1. The molecule has 0 saturated carbocycles. The van der Waals surface area contributed by atoms with E-state index in [0.717, 1.165) is 16.9 Å². The van der Waals surface area contributed by atoms with Gasteiger partial charge in [-0.25, -0.2) is 13.1 Å². The summed E-state index contributed by atoms with van der Waals surface area (Å²) < 4.78 is 27.8. The molecule has 116 valence electrons. The summed E-state index contributed by atoms with van der Waals surface area (Å²) >= 11 is 1.12. The van der Waals surface area contributed by atoms with Gasteiger partial charge in [-0.05, 0) is 38.6 Å². The first-order valence-electron chi connectivity index (χ1n) is 6.54. The van der Waals surface area contributed by atoms with E-state index in [0.29, 0.717) is 11.4 Å². The van der Waals surface area contributed by atoms with E-state index in [2.05, 4.69) is 4.72 Å². The third kappa shape index (κ3) is 4.53. The zero-order valence-electron chi connectivity index (χ0n) is 12.7. The first-order chi connectivity index (χ1) is 9.17. The number of thiophene rings is 1. The summed E-state index contributed by atoms with van der Waals surface area (Å²) in [5, 5.41) is 9.18. The molecule has 0 aliphatic rings. The monoisotopic (exact) mass is 320 g/mol. The van der Waals surface area contributed by atoms with Gasteiger partial charge in [-0.1, -0.05) is 13.8 Å². The van der Waals surface area contributed by atoms with Crippen molar-refractivity contribution in [3.05, 3.63) is 16.5 Å². The largest absolute Gasteiger partial charge is 0.391 e. The molecule has 0 spiro atoms. The highest BCUT2D eigenvalue weighted by atomic mass is 32.2. The van der Waals surface area contributed by atoms with Crippen molar-refractivity contribution in [3.63, 3.8) is 0 Å². The molecule has 5 nitrogen and oxygen atoms in total. The van der Waals surface area contributed by atoms with Gasteiger partial charge < -0.3 is 10.0 Å². The van der Waals surface area contributed by atoms with E-state index in [4.69, 9.17) is 0 Å². The SMILES string of the molecule is Cc1cc(S(=O)(=O)NC(CN(C)C)C(C)C)sc1CO. The molecule has 1 atom stereocenters. The topological polar surface area (TPSA) is 69.6 Å². The Kier molecular flexibility index (Phi) is 6.15. The zero-order valence-corrected chi connectivity index (χ0v) is 14.3. The van der Waals surface area contributed by atoms with Crippen LogP contribution >= 0.6 is 11.3 Å². The summed E-state index contributed by atoms with van der Waals surface area (Å²) in [5.74, 6) is 0.200. The third-order valence-corrected chi connectivity index (χ3v) is 6.26. The number of nitrogens with one attached hydrogen (secondary N) is 1. The fourth-order valence-electron chi connectivity index (χ4n) is 1.81. The molecular formula is C13H24N2O3S2. The smallest absolute Gasteiger partial charge is 0.250 e. The first kappa shape index (κ1) is 17.6. The number of rotatable bonds is 7. The average molecular weight is 320 g/mol. The maximum atomic E-state index is 12.4. The van der Waals surface area contributed by atoms with Crippen molar-refractivity contribution in [2.75, 3.05) is 20.6 Å². The number of likely N-dealkylation sites (N-methyl/N-ethyl adjacent to an activating group) is 1. The predicted octanol–water partition coefficient (Wildman–Crippen LogP) is 1.41. The Morgan fingerprint density at radius 1 is 1.40 bits per heavy atom. The second kappa shape index (κ2) is 7.00. The average Bonchev–Trinajstić information content (AvgIpc) is 2.69. The van der Waals surface area contributed by atoms with Gasteiger partial charge in [0, 0.05) is 17.5 Å². The van der Waals surface area contributed by atoms with Crippen LogP contribution in [0.2, 0.25) is 0 Å². The second-order valence-electron chi connectivity index (χ2n) is 5.56. The summed E-state index contributed by atoms with van der Waals surface area (Å²) in [5.41, 5.74) is 0.812. The molecule has 0 aromatic carbocycles. The fourth-order valence-corrected chi connectivity index (χ4v) is 4.65. The van der Waals surface area contributed by atoms with Gasteiger partial charge in [0.05, 0.1) is 6.61 Å². The van der Waals surface area contributed by atoms with Crippen LogP contribution in [0.5, 0.6) is 0 Å². The third-order valence-electron chi connectivity index (χ3n) is 3.08. The van der Waals surface area contributed by atoms with E-state index in [-0.39, 0.29) is 22.8 Å². The highest BCUT2D eigenvalue weighted by Crippen LogP contribution is 2.26. The Hall–Kier alpha value is -0.470. The van der Waals surface area contributed by atoms with Gasteiger partial charge in [0.2, 0.25) is 10.0 Å². The predicted molar refractivity (Wildman–Crippen MR) is 82.5 cm³/mol. The summed E-state index contributed by atoms with van der Waals surface area (Å²) in [6.07, 6.45) is 0. The molecule has 0 saturated heterocycles. The molecule has 0 radical (unpaired) electrons. The summed E-state index contributed by atoms with van der Waals surface area (Å²) in [7, 11) is 0.308. The zero-order chi connectivity index (χ0) is 15.5. The quantitative estimate of drug-likeness (QED) is 0.797. The van der Waals surface area contributed by atoms with Gasteiger partial charge in [0.1, 0.15) is 4.21 Å². The summed E-state index contributed by atoms with van der Waals surface area (Å²) in [6.45, 7) is 6.32. The van der Waals surface area contributed by atoms with Crippen LogP contribution in [-0.4, -0.2) is 45.1 Å². The van der Waals surface area contributed by atoms with Crippen molar-refractivity contribution < 1.29 is 13.5 Å². The molecule has 7 heteroatoms. The highest BCUT2D eigenvalue weighted by molar-refractivity contribution is 7.91. The van der Waals surface area contributed by atoms with Crippen LogP contribution in [-0.2, 0) is 16.6 Å². The van der Waals surface area contributed by atoms with E-state index < -0.39 is 10.0 Å². The van der Waals surface area contributed by atoms with E-state index in [1.54, 1.807) is 13.0 Å². The lowest BCUT2D eigenvalue weighted by Gasteiger charge is -2.25. The standard InChI is InChI=1S/C13H24N2O3S2/c1-9(2)11(7-15(4)5)14-20(17,18)13-6-10(3)12(8-16)19-13/h6,9,11,14,16H,7-8H2,1-5H3. The number of aliphatic hydroxyl groups excluding tert-OH is 1. The van der Waals surface area contributed by atoms with Crippen molar-refractivity contribution in [1.29, 1.82) is 0 Å². The molecular weight excluding hydrogens is 296 g/mol. The second-order valence-corrected chi connectivity index (χ2v) is 8.64. The maximum Gasteiger partial charge on any atom is 0.250 e. The molecule has 0 aliphatic carbocycles. The summed E-state index contributed by atoms with van der Waals surface area (Å²) in [6, 6.07) is 1.47. The van der Waals surface area contributed by atoms with Gasteiger partial charge in [0.25, 0.3) is 0 Å². The lowest BCUT2D eigenvalue weighted by molar-refractivity contribution is 0.285. The van der Waals surface area contributed by atoms with E-state index in [9.17, 15) is 13.5 Å². The van der Waals surface area contributed by atoms with Crippen LogP contribution < -0.4 is 4.72 Å². The Labute approximate surface area is 125 Å². The minimum atomic E-state index is -3.53.